The summed E-state index contributed by atoms with van der Waals surface area (Å²) in [5.41, 5.74) is 5.15. The number of hydrogen-bond acceptors (Lipinski definition) is 0. The Labute approximate surface area is 103 Å². The Morgan fingerprint density at radius 1 is 0.929 bits per heavy atom. The second-order valence-electron chi connectivity index (χ2n) is 4.88. The Morgan fingerprint density at radius 3 is 1.50 bits per heavy atom. The SMILES string of the molecule is CC1=C(C)C(C)(C)[C]([Zr+]([CH3])[CH3])=C1C.[Cl-]. The smallest absolute Gasteiger partial charge is 1.00 e. The van der Waals surface area contributed by atoms with E-state index in [2.05, 4.69) is 43.9 Å². The van der Waals surface area contributed by atoms with E-state index < -0.39 is 21.8 Å². The summed E-state index contributed by atoms with van der Waals surface area (Å²) in [7, 11) is 0. The maximum Gasteiger partial charge on any atom is -1.00 e. The Balaban J connectivity index is 0.00000169. The van der Waals surface area contributed by atoms with Crippen LogP contribution in [0.15, 0.2) is 20.0 Å². The average Bonchev–Trinajstić information content (AvgIpc) is 2.12. The first-order valence-corrected chi connectivity index (χ1v) is 11.1. The summed E-state index contributed by atoms with van der Waals surface area (Å²) < 4.78 is 6.81. The minimum Gasteiger partial charge on any atom is -1.00 e. The van der Waals surface area contributed by atoms with Crippen LogP contribution in [0.25, 0.3) is 0 Å². The van der Waals surface area contributed by atoms with E-state index in [1.54, 1.807) is 16.7 Å². The summed E-state index contributed by atoms with van der Waals surface area (Å²) in [5, 5.41) is 0. The van der Waals surface area contributed by atoms with Gasteiger partial charge in [0.1, 0.15) is 0 Å². The molecule has 0 saturated heterocycles. The Morgan fingerprint density at radius 2 is 1.36 bits per heavy atom. The van der Waals surface area contributed by atoms with E-state index in [4.69, 9.17) is 0 Å². The van der Waals surface area contributed by atoms with Crippen molar-refractivity contribution >= 4 is 0 Å². The Bertz CT molecular complexity index is 295. The summed E-state index contributed by atoms with van der Waals surface area (Å²) in [6.45, 7) is 11.7. The van der Waals surface area contributed by atoms with E-state index in [1.807, 2.05) is 3.28 Å². The molecule has 14 heavy (non-hydrogen) atoms. The number of hydrogen-bond donors (Lipinski definition) is 0. The third-order valence-electron chi connectivity index (χ3n) is 3.56. The molecule has 1 aliphatic rings. The molecule has 0 unspecified atom stereocenters. The van der Waals surface area contributed by atoms with Gasteiger partial charge in [-0.1, -0.05) is 0 Å². The first-order valence-electron chi connectivity index (χ1n) is 5.00. The van der Waals surface area contributed by atoms with Gasteiger partial charge in [0.2, 0.25) is 0 Å². The van der Waals surface area contributed by atoms with Crippen LogP contribution in [-0.2, 0) is 21.8 Å². The molecular formula is C12H21ClZr. The quantitative estimate of drug-likeness (QED) is 0.684. The molecule has 0 bridgehead atoms. The van der Waals surface area contributed by atoms with E-state index in [0.29, 0.717) is 5.41 Å². The molecule has 0 N–H and O–H groups in total. The predicted octanol–water partition coefficient (Wildman–Crippen LogP) is 1.35. The van der Waals surface area contributed by atoms with Crippen LogP contribution in [0, 0.1) is 5.41 Å². The van der Waals surface area contributed by atoms with Gasteiger partial charge in [-0.05, 0) is 0 Å². The maximum atomic E-state index is 2.49. The Kier molecular flexibility index (Phi) is 4.88. The standard InChI is InChI=1S/C10H15.2CH3.ClH.Zr/c1-7-6-10(4,5)9(3)8(7)2;;;;/h1-5H3;2*1H3;1H;/q;;;;+1/p-1. The zero-order valence-electron chi connectivity index (χ0n) is 10.4. The van der Waals surface area contributed by atoms with Crippen LogP contribution < -0.4 is 12.4 Å². The molecule has 0 atom stereocenters. The van der Waals surface area contributed by atoms with E-state index in [9.17, 15) is 0 Å². The largest absolute Gasteiger partial charge is 1.00 e. The minimum absolute atomic E-state index is 0. The van der Waals surface area contributed by atoms with Gasteiger partial charge in [0, 0.05) is 0 Å². The zero-order chi connectivity index (χ0) is 10.4. The first-order chi connectivity index (χ1) is 5.80. The van der Waals surface area contributed by atoms with Crippen molar-refractivity contribution in [2.75, 3.05) is 0 Å². The second-order valence-corrected chi connectivity index (χ2v) is 11.0. The van der Waals surface area contributed by atoms with Crippen molar-refractivity contribution in [2.45, 2.75) is 43.9 Å². The van der Waals surface area contributed by atoms with Crippen LogP contribution in [-0.4, -0.2) is 0 Å². The van der Waals surface area contributed by atoms with Crippen molar-refractivity contribution in [3.8, 4) is 0 Å². The molecule has 0 aliphatic heterocycles. The zero-order valence-corrected chi connectivity index (χ0v) is 13.6. The Hall–Kier alpha value is 0.653. The normalized spacial score (nSPS) is 19.9. The molecule has 0 fully saturated rings. The summed E-state index contributed by atoms with van der Waals surface area (Å²) in [6.07, 6.45) is 0. The summed E-state index contributed by atoms with van der Waals surface area (Å²) in [4.78, 5) is 0. The third kappa shape index (κ3) is 2.09. The van der Waals surface area contributed by atoms with Gasteiger partial charge in [-0.2, -0.15) is 0 Å². The van der Waals surface area contributed by atoms with Crippen molar-refractivity contribution in [1.29, 1.82) is 0 Å². The van der Waals surface area contributed by atoms with Crippen LogP contribution in [0.4, 0.5) is 0 Å². The fourth-order valence-electron chi connectivity index (χ4n) is 2.59. The van der Waals surface area contributed by atoms with Gasteiger partial charge in [0.25, 0.3) is 0 Å². The van der Waals surface area contributed by atoms with Crippen LogP contribution in [0.1, 0.15) is 34.6 Å². The van der Waals surface area contributed by atoms with Crippen LogP contribution in [0.3, 0.4) is 0 Å². The average molecular weight is 292 g/mol. The van der Waals surface area contributed by atoms with Crippen molar-refractivity contribution in [1.82, 2.24) is 0 Å². The van der Waals surface area contributed by atoms with Gasteiger partial charge in [0.05, 0.1) is 0 Å². The van der Waals surface area contributed by atoms with Crippen molar-refractivity contribution in [2.24, 2.45) is 5.41 Å². The van der Waals surface area contributed by atoms with E-state index in [0.717, 1.165) is 0 Å². The molecule has 1 aliphatic carbocycles. The molecule has 0 aromatic carbocycles. The second kappa shape index (κ2) is 4.66. The van der Waals surface area contributed by atoms with E-state index in [1.165, 1.54) is 0 Å². The van der Waals surface area contributed by atoms with Gasteiger partial charge in [-0.25, -0.2) is 0 Å². The maximum absolute atomic E-state index is 2.49. The predicted molar refractivity (Wildman–Crippen MR) is 56.6 cm³/mol. The van der Waals surface area contributed by atoms with Crippen LogP contribution in [0.2, 0.25) is 9.26 Å². The molecule has 0 aromatic heterocycles. The van der Waals surface area contributed by atoms with Gasteiger partial charge in [0.15, 0.2) is 0 Å². The molecule has 0 spiro atoms. The summed E-state index contributed by atoms with van der Waals surface area (Å²) >= 11 is -1.19. The van der Waals surface area contributed by atoms with E-state index >= 15 is 0 Å². The topological polar surface area (TPSA) is 0 Å². The number of allylic oxidation sites excluding steroid dienone is 4. The molecule has 1 rings (SSSR count). The van der Waals surface area contributed by atoms with Gasteiger partial charge in [-0.15, -0.1) is 0 Å². The molecule has 0 saturated carbocycles. The summed E-state index contributed by atoms with van der Waals surface area (Å²) in [6, 6.07) is 0. The fraction of sp³-hybridized carbons (Fsp3) is 0.667. The molecule has 0 aromatic rings. The van der Waals surface area contributed by atoms with Crippen molar-refractivity contribution in [3.63, 3.8) is 0 Å². The molecule has 0 radical (unpaired) electrons. The fourth-order valence-corrected chi connectivity index (χ4v) is 8.43. The monoisotopic (exact) mass is 290 g/mol. The van der Waals surface area contributed by atoms with Crippen molar-refractivity contribution in [3.05, 3.63) is 20.0 Å². The molecule has 0 nitrogen and oxygen atoms in total. The molecule has 0 amide bonds. The van der Waals surface area contributed by atoms with Gasteiger partial charge < -0.3 is 12.4 Å². The first kappa shape index (κ1) is 14.7. The third-order valence-corrected chi connectivity index (χ3v) is 8.48. The molecule has 80 valence electrons. The number of halogens is 1. The molecule has 0 heterocycles. The van der Waals surface area contributed by atoms with Crippen LogP contribution >= 0.6 is 0 Å². The van der Waals surface area contributed by atoms with Gasteiger partial charge in [-0.3, -0.25) is 0 Å². The number of rotatable bonds is 1. The summed E-state index contributed by atoms with van der Waals surface area (Å²) in [5.74, 6) is 0. The minimum atomic E-state index is -1.19. The molecular weight excluding hydrogens is 271 g/mol. The van der Waals surface area contributed by atoms with Crippen LogP contribution in [0.5, 0.6) is 0 Å². The van der Waals surface area contributed by atoms with Crippen molar-refractivity contribution < 1.29 is 34.2 Å². The van der Waals surface area contributed by atoms with Gasteiger partial charge >= 0.3 is 91.0 Å². The molecule has 2 heteroatoms. The van der Waals surface area contributed by atoms with E-state index in [-0.39, 0.29) is 12.4 Å².